The maximum Gasteiger partial charge on any atom is 0.302 e. The second-order valence-corrected chi connectivity index (χ2v) is 7.63. The number of fused-ring (bicyclic) bond motifs is 1. The summed E-state index contributed by atoms with van der Waals surface area (Å²) in [7, 11) is 9.16. The monoisotopic (exact) mass is 410 g/mol. The van der Waals surface area contributed by atoms with E-state index in [1.165, 1.54) is 6.07 Å². The third-order valence-electron chi connectivity index (χ3n) is 4.78. The Morgan fingerprint density at radius 2 is 1.83 bits per heavy atom. The molecule has 2 aromatic carbocycles. The van der Waals surface area contributed by atoms with Crippen LogP contribution in [-0.4, -0.2) is 49.7 Å². The number of hydrogen-bond acceptors (Lipinski definition) is 5. The van der Waals surface area contributed by atoms with Crippen molar-refractivity contribution in [3.05, 3.63) is 64.0 Å². The molecule has 0 amide bonds. The van der Waals surface area contributed by atoms with Gasteiger partial charge in [0.05, 0.1) is 37.0 Å². The van der Waals surface area contributed by atoms with E-state index in [2.05, 4.69) is 0 Å². The summed E-state index contributed by atoms with van der Waals surface area (Å²) < 4.78 is 7.05. The first-order valence-corrected chi connectivity index (χ1v) is 9.54. The quantitative estimate of drug-likeness (QED) is 0.474. The fourth-order valence-electron chi connectivity index (χ4n) is 3.52. The molecule has 8 nitrogen and oxygen atoms in total. The number of benzene rings is 2. The van der Waals surface area contributed by atoms with E-state index in [-0.39, 0.29) is 16.4 Å². The standard InChI is InChI=1S/C22H26N4O4/c1-23(2)13-12-19-22(26(28)29)17-10-11-20(27)18(14-24(3)4)21(17)25(19)15-6-8-16(30-5)9-7-15/h6-13,27H,14H2,1-5H3/b13-12+. The first-order valence-electron chi connectivity index (χ1n) is 9.54. The van der Waals surface area contributed by atoms with Gasteiger partial charge in [0.1, 0.15) is 18.0 Å². The van der Waals surface area contributed by atoms with E-state index < -0.39 is 0 Å². The molecule has 0 bridgehead atoms. The maximum absolute atomic E-state index is 12.8. The molecule has 3 aromatic rings. The van der Waals surface area contributed by atoms with Gasteiger partial charge in [-0.25, -0.2) is 0 Å². The lowest BCUT2D eigenvalue weighted by Gasteiger charge is -2.19. The minimum absolute atomic E-state index is 0.0195. The minimum atomic E-state index is -0.380. The lowest BCUT2D eigenvalue weighted by Crippen LogP contribution is -3.04. The van der Waals surface area contributed by atoms with Crippen molar-refractivity contribution in [1.29, 1.82) is 0 Å². The van der Waals surface area contributed by atoms with Crippen LogP contribution in [0.15, 0.2) is 42.6 Å². The van der Waals surface area contributed by atoms with E-state index in [9.17, 15) is 15.2 Å². The number of nitrogens with zero attached hydrogens (tertiary/aromatic N) is 3. The number of aromatic nitrogens is 1. The van der Waals surface area contributed by atoms with E-state index in [0.29, 0.717) is 40.1 Å². The van der Waals surface area contributed by atoms with Crippen LogP contribution in [0.4, 0.5) is 5.69 Å². The van der Waals surface area contributed by atoms with Crippen LogP contribution < -0.4 is 14.7 Å². The molecule has 0 aliphatic heterocycles. The second-order valence-electron chi connectivity index (χ2n) is 7.63. The molecular formula is C22H26N4O4. The summed E-state index contributed by atoms with van der Waals surface area (Å²) >= 11 is 0. The molecule has 0 fully saturated rings. The lowest BCUT2D eigenvalue weighted by atomic mass is 10.1. The normalized spacial score (nSPS) is 11.5. The number of hydrogen-bond donors (Lipinski definition) is 1. The summed E-state index contributed by atoms with van der Waals surface area (Å²) in [5.41, 5.74) is 2.23. The molecule has 8 heteroatoms. The van der Waals surface area contributed by atoms with Crippen molar-refractivity contribution in [3.63, 3.8) is 0 Å². The SMILES string of the molecule is COc1ccc(-n2c(/C=C/N(C)C)c([N+](=O)[O-])c3ccc([O-])c(C[NH+](C)C)c32)cc1. The molecule has 1 heterocycles. The van der Waals surface area contributed by atoms with Gasteiger partial charge >= 0.3 is 5.69 Å². The average Bonchev–Trinajstić information content (AvgIpc) is 3.03. The molecule has 1 N–H and O–H groups in total. The Labute approximate surface area is 175 Å². The van der Waals surface area contributed by atoms with Gasteiger partial charge < -0.3 is 24.2 Å². The topological polar surface area (TPSA) is 88.0 Å². The molecule has 0 atom stereocenters. The highest BCUT2D eigenvalue weighted by Crippen LogP contribution is 2.40. The van der Waals surface area contributed by atoms with Crippen LogP contribution in [0.2, 0.25) is 0 Å². The molecule has 0 unspecified atom stereocenters. The third kappa shape index (κ3) is 3.95. The van der Waals surface area contributed by atoms with Gasteiger partial charge in [0.15, 0.2) is 0 Å². The summed E-state index contributed by atoms with van der Waals surface area (Å²) in [5.74, 6) is 0.548. The first-order chi connectivity index (χ1) is 14.2. The van der Waals surface area contributed by atoms with E-state index in [4.69, 9.17) is 4.74 Å². The van der Waals surface area contributed by atoms with E-state index in [1.54, 1.807) is 42.2 Å². The molecular weight excluding hydrogens is 384 g/mol. The van der Waals surface area contributed by atoms with Gasteiger partial charge in [-0.15, -0.1) is 0 Å². The van der Waals surface area contributed by atoms with E-state index in [1.807, 2.05) is 45.2 Å². The van der Waals surface area contributed by atoms with Crippen LogP contribution in [0.5, 0.6) is 11.5 Å². The molecule has 0 radical (unpaired) electrons. The Hall–Kier alpha value is -3.52. The Morgan fingerprint density at radius 3 is 2.37 bits per heavy atom. The highest BCUT2D eigenvalue weighted by atomic mass is 16.6. The summed E-state index contributed by atoms with van der Waals surface area (Å²) in [6, 6.07) is 10.2. The first kappa shape index (κ1) is 21.2. The summed E-state index contributed by atoms with van der Waals surface area (Å²) in [6.45, 7) is 0.449. The van der Waals surface area contributed by atoms with Crippen molar-refractivity contribution < 1.29 is 19.7 Å². The lowest BCUT2D eigenvalue weighted by molar-refractivity contribution is -0.872. The number of ether oxygens (including phenoxy) is 1. The number of quaternary nitrogens is 1. The van der Waals surface area contributed by atoms with Crippen molar-refractivity contribution in [2.24, 2.45) is 0 Å². The smallest absolute Gasteiger partial charge is 0.302 e. The fraction of sp³-hybridized carbons (Fsp3) is 0.273. The molecule has 0 saturated carbocycles. The molecule has 30 heavy (non-hydrogen) atoms. The third-order valence-corrected chi connectivity index (χ3v) is 4.78. The molecule has 1 aromatic heterocycles. The Morgan fingerprint density at radius 1 is 1.17 bits per heavy atom. The Bertz CT molecular complexity index is 1100. The van der Waals surface area contributed by atoms with Gasteiger partial charge in [-0.3, -0.25) is 10.1 Å². The Balaban J connectivity index is 2.48. The molecule has 0 saturated heterocycles. The minimum Gasteiger partial charge on any atom is -0.872 e. The maximum atomic E-state index is 12.8. The molecule has 0 aliphatic rings. The van der Waals surface area contributed by atoms with Crippen LogP contribution >= 0.6 is 0 Å². The number of nitrogens with one attached hydrogen (secondary N) is 1. The average molecular weight is 410 g/mol. The largest absolute Gasteiger partial charge is 0.872 e. The molecule has 0 aliphatic carbocycles. The predicted molar refractivity (Wildman–Crippen MR) is 115 cm³/mol. The van der Waals surface area contributed by atoms with Crippen molar-refractivity contribution in [2.75, 3.05) is 35.3 Å². The molecule has 3 rings (SSSR count). The van der Waals surface area contributed by atoms with Crippen LogP contribution in [0, 0.1) is 10.1 Å². The fourth-order valence-corrected chi connectivity index (χ4v) is 3.52. The van der Waals surface area contributed by atoms with Crippen molar-refractivity contribution >= 4 is 22.7 Å². The summed E-state index contributed by atoms with van der Waals surface area (Å²) in [5, 5.41) is 25.3. The highest BCUT2D eigenvalue weighted by molar-refractivity contribution is 5.98. The van der Waals surface area contributed by atoms with Gasteiger partial charge in [0, 0.05) is 31.5 Å². The summed E-state index contributed by atoms with van der Waals surface area (Å²) in [4.78, 5) is 14.6. The molecule has 158 valence electrons. The van der Waals surface area contributed by atoms with Crippen LogP contribution in [0.1, 0.15) is 11.3 Å². The highest BCUT2D eigenvalue weighted by Gasteiger charge is 2.28. The molecule has 0 spiro atoms. The van der Waals surface area contributed by atoms with E-state index >= 15 is 0 Å². The van der Waals surface area contributed by atoms with Gasteiger partial charge in [-0.05, 0) is 36.4 Å². The van der Waals surface area contributed by atoms with Gasteiger partial charge in [0.25, 0.3) is 0 Å². The number of rotatable bonds is 7. The van der Waals surface area contributed by atoms with Crippen LogP contribution in [0.25, 0.3) is 22.7 Å². The van der Waals surface area contributed by atoms with Gasteiger partial charge in [0.2, 0.25) is 0 Å². The van der Waals surface area contributed by atoms with Crippen molar-refractivity contribution in [2.45, 2.75) is 6.54 Å². The van der Waals surface area contributed by atoms with Gasteiger partial charge in [-0.2, -0.15) is 0 Å². The van der Waals surface area contributed by atoms with Crippen LogP contribution in [0.3, 0.4) is 0 Å². The summed E-state index contributed by atoms with van der Waals surface area (Å²) in [6.07, 6.45) is 3.47. The number of methoxy groups -OCH3 is 1. The van der Waals surface area contributed by atoms with E-state index in [0.717, 1.165) is 4.90 Å². The van der Waals surface area contributed by atoms with Crippen molar-refractivity contribution in [1.82, 2.24) is 9.47 Å². The van der Waals surface area contributed by atoms with Crippen LogP contribution in [-0.2, 0) is 6.54 Å². The predicted octanol–water partition coefficient (Wildman–Crippen LogP) is 1.80. The second kappa shape index (κ2) is 8.46. The zero-order valence-corrected chi connectivity index (χ0v) is 17.8. The number of nitro groups is 1. The zero-order chi connectivity index (χ0) is 22.0. The zero-order valence-electron chi connectivity index (χ0n) is 17.8. The van der Waals surface area contributed by atoms with Crippen molar-refractivity contribution in [3.8, 4) is 17.2 Å². The Kier molecular flexibility index (Phi) is 5.98. The van der Waals surface area contributed by atoms with Gasteiger partial charge in [-0.1, -0.05) is 11.8 Å².